The van der Waals surface area contributed by atoms with Crippen molar-refractivity contribution in [2.75, 3.05) is 29.9 Å². The minimum atomic E-state index is -0.127. The molecule has 2 amide bonds. The van der Waals surface area contributed by atoms with Gasteiger partial charge in [-0.05, 0) is 37.0 Å². The predicted molar refractivity (Wildman–Crippen MR) is 122 cm³/mol. The van der Waals surface area contributed by atoms with E-state index in [0.29, 0.717) is 33.8 Å². The lowest BCUT2D eigenvalue weighted by molar-refractivity contribution is 0.175. The summed E-state index contributed by atoms with van der Waals surface area (Å²) in [7, 11) is 0. The molecule has 1 aliphatic heterocycles. The number of halogens is 3. The first-order valence-electron chi connectivity index (χ1n) is 9.65. The van der Waals surface area contributed by atoms with Crippen molar-refractivity contribution in [1.29, 1.82) is 0 Å². The van der Waals surface area contributed by atoms with Gasteiger partial charge in [-0.1, -0.05) is 54.7 Å². The number of pyridine rings is 1. The summed E-state index contributed by atoms with van der Waals surface area (Å²) in [5, 5.41) is 4.66. The highest BCUT2D eigenvalue weighted by Crippen LogP contribution is 2.34. The summed E-state index contributed by atoms with van der Waals surface area (Å²) in [5.74, 6) is 0.252. The molecule has 5 nitrogen and oxygen atoms in total. The summed E-state index contributed by atoms with van der Waals surface area (Å²) in [6, 6.07) is 5.41. The van der Waals surface area contributed by atoms with Crippen LogP contribution in [0.4, 0.5) is 16.2 Å². The van der Waals surface area contributed by atoms with Crippen LogP contribution >= 0.6 is 34.8 Å². The molecule has 1 aromatic carbocycles. The molecule has 0 saturated carbocycles. The van der Waals surface area contributed by atoms with Crippen LogP contribution in [-0.4, -0.2) is 41.6 Å². The largest absolute Gasteiger partial charge is 0.367 e. The minimum absolute atomic E-state index is 0.00119. The SMILES string of the molecule is Cc1ccc(NC(=O)N2CCCN(c3c(Cl)cncc3Cl)C[C@H]2C(C)C)cc1Cl. The first-order chi connectivity index (χ1) is 13.8. The predicted octanol–water partition coefficient (Wildman–Crippen LogP) is 6.12. The number of urea groups is 1. The highest BCUT2D eigenvalue weighted by Gasteiger charge is 2.32. The van der Waals surface area contributed by atoms with Crippen molar-refractivity contribution in [2.24, 2.45) is 5.92 Å². The molecule has 1 saturated heterocycles. The lowest BCUT2D eigenvalue weighted by Gasteiger charge is -2.35. The van der Waals surface area contributed by atoms with Crippen LogP contribution in [0.25, 0.3) is 0 Å². The maximum absolute atomic E-state index is 13.1. The second-order valence-electron chi connectivity index (χ2n) is 7.65. The van der Waals surface area contributed by atoms with Crippen molar-refractivity contribution in [1.82, 2.24) is 9.88 Å². The third-order valence-corrected chi connectivity index (χ3v) is 6.19. The van der Waals surface area contributed by atoms with Crippen LogP contribution in [0.1, 0.15) is 25.8 Å². The molecular formula is C21H25Cl3N4O. The van der Waals surface area contributed by atoms with E-state index in [2.05, 4.69) is 29.0 Å². The van der Waals surface area contributed by atoms with E-state index >= 15 is 0 Å². The number of hydrogen-bond donors (Lipinski definition) is 1. The van der Waals surface area contributed by atoms with Gasteiger partial charge in [0.2, 0.25) is 0 Å². The van der Waals surface area contributed by atoms with Gasteiger partial charge in [-0.15, -0.1) is 0 Å². The van der Waals surface area contributed by atoms with Crippen LogP contribution in [0.15, 0.2) is 30.6 Å². The summed E-state index contributed by atoms with van der Waals surface area (Å²) in [4.78, 5) is 21.2. The maximum atomic E-state index is 13.1. The van der Waals surface area contributed by atoms with Crippen LogP contribution in [-0.2, 0) is 0 Å². The number of carbonyl (C=O) groups excluding carboxylic acids is 1. The average molecular weight is 456 g/mol. The van der Waals surface area contributed by atoms with Crippen molar-refractivity contribution >= 4 is 52.2 Å². The van der Waals surface area contributed by atoms with Crippen LogP contribution in [0.2, 0.25) is 15.1 Å². The van der Waals surface area contributed by atoms with Gasteiger partial charge in [0.25, 0.3) is 0 Å². The van der Waals surface area contributed by atoms with Crippen LogP contribution in [0.3, 0.4) is 0 Å². The van der Waals surface area contributed by atoms with Gasteiger partial charge in [-0.25, -0.2) is 4.79 Å². The highest BCUT2D eigenvalue weighted by molar-refractivity contribution is 6.38. The van der Waals surface area contributed by atoms with Gasteiger partial charge in [0, 0.05) is 42.7 Å². The number of nitrogens with one attached hydrogen (secondary N) is 1. The van der Waals surface area contributed by atoms with E-state index in [4.69, 9.17) is 34.8 Å². The van der Waals surface area contributed by atoms with Crippen molar-refractivity contribution < 1.29 is 4.79 Å². The molecule has 2 aromatic rings. The number of benzene rings is 1. The fourth-order valence-electron chi connectivity index (χ4n) is 3.61. The molecule has 2 heterocycles. The molecule has 29 heavy (non-hydrogen) atoms. The zero-order valence-corrected chi connectivity index (χ0v) is 19.0. The summed E-state index contributed by atoms with van der Waals surface area (Å²) in [6.45, 7) is 8.21. The topological polar surface area (TPSA) is 48.5 Å². The fourth-order valence-corrected chi connectivity index (χ4v) is 4.40. The first-order valence-corrected chi connectivity index (χ1v) is 10.8. The van der Waals surface area contributed by atoms with E-state index < -0.39 is 0 Å². The van der Waals surface area contributed by atoms with Crippen molar-refractivity contribution in [3.8, 4) is 0 Å². The molecule has 0 unspecified atom stereocenters. The number of hydrogen-bond acceptors (Lipinski definition) is 3. The molecule has 1 aromatic heterocycles. The molecule has 3 rings (SSSR count). The fraction of sp³-hybridized carbons (Fsp3) is 0.429. The molecular weight excluding hydrogens is 431 g/mol. The Morgan fingerprint density at radius 2 is 1.83 bits per heavy atom. The molecule has 1 N–H and O–H groups in total. The quantitative estimate of drug-likeness (QED) is 0.606. The molecule has 1 fully saturated rings. The van der Waals surface area contributed by atoms with Gasteiger partial charge in [-0.2, -0.15) is 0 Å². The zero-order valence-electron chi connectivity index (χ0n) is 16.8. The van der Waals surface area contributed by atoms with Gasteiger partial charge >= 0.3 is 6.03 Å². The summed E-state index contributed by atoms with van der Waals surface area (Å²) in [6.07, 6.45) is 4.01. The van der Waals surface area contributed by atoms with Crippen molar-refractivity contribution in [2.45, 2.75) is 33.2 Å². The summed E-state index contributed by atoms with van der Waals surface area (Å²) >= 11 is 19.0. The van der Waals surface area contributed by atoms with Crippen molar-refractivity contribution in [3.63, 3.8) is 0 Å². The Bertz CT molecular complexity index is 870. The second-order valence-corrected chi connectivity index (χ2v) is 8.87. The van der Waals surface area contributed by atoms with Gasteiger partial charge in [0.15, 0.2) is 0 Å². The highest BCUT2D eigenvalue weighted by atomic mass is 35.5. The number of carbonyl (C=O) groups is 1. The first kappa shape index (κ1) is 22.0. The molecule has 1 atom stereocenters. The van der Waals surface area contributed by atoms with Gasteiger partial charge in [0.05, 0.1) is 21.8 Å². The molecule has 8 heteroatoms. The number of amides is 2. The summed E-state index contributed by atoms with van der Waals surface area (Å²) < 4.78 is 0. The van der Waals surface area contributed by atoms with Crippen molar-refractivity contribution in [3.05, 3.63) is 51.2 Å². The molecule has 156 valence electrons. The van der Waals surface area contributed by atoms with Gasteiger partial charge < -0.3 is 15.1 Å². The normalized spacial score (nSPS) is 17.4. The maximum Gasteiger partial charge on any atom is 0.322 e. The number of nitrogens with zero attached hydrogens (tertiary/aromatic N) is 3. The number of aromatic nitrogens is 1. The lowest BCUT2D eigenvalue weighted by Crippen LogP contribution is -2.49. The molecule has 1 aliphatic rings. The van der Waals surface area contributed by atoms with Crippen LogP contribution in [0.5, 0.6) is 0 Å². The lowest BCUT2D eigenvalue weighted by atomic mass is 10.0. The molecule has 0 spiro atoms. The Balaban J connectivity index is 1.82. The Kier molecular flexibility index (Phi) is 7.14. The number of rotatable bonds is 3. The van der Waals surface area contributed by atoms with Gasteiger partial charge in [-0.3, -0.25) is 4.98 Å². The Labute approximate surface area is 186 Å². The Morgan fingerprint density at radius 3 is 2.45 bits per heavy atom. The van der Waals surface area contributed by atoms with Crippen LogP contribution in [0, 0.1) is 12.8 Å². The molecule has 0 radical (unpaired) electrons. The number of anilines is 2. The third kappa shape index (κ3) is 5.08. The Hall–Kier alpha value is -1.69. The average Bonchev–Trinajstić information content (AvgIpc) is 2.88. The van der Waals surface area contributed by atoms with E-state index in [1.165, 1.54) is 0 Å². The number of aryl methyl sites for hydroxylation is 1. The Morgan fingerprint density at radius 1 is 1.14 bits per heavy atom. The smallest absolute Gasteiger partial charge is 0.322 e. The minimum Gasteiger partial charge on any atom is -0.367 e. The zero-order chi connectivity index (χ0) is 21.1. The molecule has 0 bridgehead atoms. The standard InChI is InChI=1S/C21H25Cl3N4O/c1-13(2)19-12-27(20-17(23)10-25-11-18(20)24)7-4-8-28(19)21(29)26-15-6-5-14(3)16(22)9-15/h5-6,9-11,13,19H,4,7-8,12H2,1-3H3,(H,26,29)/t19-/m0/s1. The van der Waals surface area contributed by atoms with E-state index in [0.717, 1.165) is 24.2 Å². The monoisotopic (exact) mass is 454 g/mol. The van der Waals surface area contributed by atoms with Crippen LogP contribution < -0.4 is 10.2 Å². The van der Waals surface area contributed by atoms with E-state index in [1.54, 1.807) is 18.5 Å². The third-order valence-electron chi connectivity index (χ3n) is 5.23. The van der Waals surface area contributed by atoms with Gasteiger partial charge in [0.1, 0.15) is 0 Å². The van der Waals surface area contributed by atoms with E-state index in [1.807, 2.05) is 24.0 Å². The molecule has 0 aliphatic carbocycles. The summed E-state index contributed by atoms with van der Waals surface area (Å²) in [5.41, 5.74) is 2.44. The van der Waals surface area contributed by atoms with E-state index in [-0.39, 0.29) is 18.0 Å². The van der Waals surface area contributed by atoms with E-state index in [9.17, 15) is 4.79 Å². The second kappa shape index (κ2) is 9.41.